The zero-order valence-electron chi connectivity index (χ0n) is 17.0. The first-order chi connectivity index (χ1) is 12.6. The summed E-state index contributed by atoms with van der Waals surface area (Å²) in [7, 11) is 1.79. The number of guanidine groups is 1. The van der Waals surface area contributed by atoms with E-state index in [0.717, 1.165) is 44.3 Å². The largest absolute Gasteiger partial charge is 0.492 e. The van der Waals surface area contributed by atoms with Crippen LogP contribution in [0, 0.1) is 6.92 Å². The molecule has 1 aromatic rings. The van der Waals surface area contributed by atoms with Gasteiger partial charge in [-0.3, -0.25) is 9.89 Å². The van der Waals surface area contributed by atoms with Crippen LogP contribution in [0.15, 0.2) is 29.3 Å². The molecule has 1 fully saturated rings. The van der Waals surface area contributed by atoms with Gasteiger partial charge in [-0.1, -0.05) is 17.7 Å². The summed E-state index contributed by atoms with van der Waals surface area (Å²) in [4.78, 5) is 6.74. The second-order valence-corrected chi connectivity index (χ2v) is 6.96. The molecule has 154 valence electrons. The average molecular weight is 490 g/mol. The molecule has 6 nitrogen and oxygen atoms in total. The minimum Gasteiger partial charge on any atom is -0.492 e. The Morgan fingerprint density at radius 1 is 1.15 bits per heavy atom. The number of morpholine rings is 1. The Morgan fingerprint density at radius 2 is 1.78 bits per heavy atom. The van der Waals surface area contributed by atoms with Crippen molar-refractivity contribution in [1.82, 2.24) is 15.5 Å². The van der Waals surface area contributed by atoms with E-state index in [1.807, 2.05) is 12.1 Å². The lowest BCUT2D eigenvalue weighted by atomic mass is 10.2. The van der Waals surface area contributed by atoms with Crippen molar-refractivity contribution in [2.24, 2.45) is 4.99 Å². The zero-order chi connectivity index (χ0) is 18.8. The van der Waals surface area contributed by atoms with E-state index in [1.165, 1.54) is 5.56 Å². The zero-order valence-corrected chi connectivity index (χ0v) is 19.4. The molecule has 0 aliphatic carbocycles. The van der Waals surface area contributed by atoms with Crippen LogP contribution in [0.25, 0.3) is 0 Å². The van der Waals surface area contributed by atoms with Crippen molar-refractivity contribution in [3.63, 3.8) is 0 Å². The van der Waals surface area contributed by atoms with E-state index in [2.05, 4.69) is 53.4 Å². The first-order valence-electron chi connectivity index (χ1n) is 9.58. The standard InChI is InChI=1S/C20H34N4O2.HI/c1-16-6-8-19(9-7-16)25-13-11-23-20(21-4)22-10-5-12-24-14-17(2)26-18(3)15-24;/h6-9,17-18H,5,10-15H2,1-4H3,(H2,21,22,23);1H. The van der Waals surface area contributed by atoms with Crippen LogP contribution >= 0.6 is 24.0 Å². The summed E-state index contributed by atoms with van der Waals surface area (Å²) in [6, 6.07) is 8.10. The molecule has 0 spiro atoms. The predicted molar refractivity (Wildman–Crippen MR) is 123 cm³/mol. The molecule has 2 atom stereocenters. The summed E-state index contributed by atoms with van der Waals surface area (Å²) in [5.41, 5.74) is 1.24. The summed E-state index contributed by atoms with van der Waals surface area (Å²) >= 11 is 0. The van der Waals surface area contributed by atoms with Crippen LogP contribution in [0.5, 0.6) is 5.75 Å². The fraction of sp³-hybridized carbons (Fsp3) is 0.650. The van der Waals surface area contributed by atoms with Gasteiger partial charge in [0.05, 0.1) is 18.8 Å². The van der Waals surface area contributed by atoms with Crippen molar-refractivity contribution >= 4 is 29.9 Å². The lowest BCUT2D eigenvalue weighted by Crippen LogP contribution is -2.46. The summed E-state index contributed by atoms with van der Waals surface area (Å²) in [5.74, 6) is 1.72. The van der Waals surface area contributed by atoms with Gasteiger partial charge in [0, 0.05) is 33.2 Å². The molecule has 7 heteroatoms. The number of rotatable bonds is 8. The molecular formula is C20H35IN4O2. The van der Waals surface area contributed by atoms with Crippen LogP contribution in [-0.4, -0.2) is 69.4 Å². The lowest BCUT2D eigenvalue weighted by molar-refractivity contribution is -0.0679. The highest BCUT2D eigenvalue weighted by Gasteiger charge is 2.21. The Balaban J connectivity index is 0.00000364. The van der Waals surface area contributed by atoms with Gasteiger partial charge in [-0.2, -0.15) is 0 Å². The van der Waals surface area contributed by atoms with E-state index in [9.17, 15) is 0 Å². The Morgan fingerprint density at radius 3 is 2.41 bits per heavy atom. The fourth-order valence-electron chi connectivity index (χ4n) is 3.17. The number of benzene rings is 1. The van der Waals surface area contributed by atoms with Crippen molar-refractivity contribution in [1.29, 1.82) is 0 Å². The summed E-state index contributed by atoms with van der Waals surface area (Å²) in [6.45, 7) is 11.7. The minimum absolute atomic E-state index is 0. The monoisotopic (exact) mass is 490 g/mol. The highest BCUT2D eigenvalue weighted by molar-refractivity contribution is 14.0. The summed E-state index contributed by atoms with van der Waals surface area (Å²) in [5, 5.41) is 6.65. The van der Waals surface area contributed by atoms with Gasteiger partial charge >= 0.3 is 0 Å². The van der Waals surface area contributed by atoms with E-state index < -0.39 is 0 Å². The molecule has 0 amide bonds. The maximum atomic E-state index is 5.77. The van der Waals surface area contributed by atoms with Crippen LogP contribution in [0.4, 0.5) is 0 Å². The van der Waals surface area contributed by atoms with Gasteiger partial charge in [-0.15, -0.1) is 24.0 Å². The quantitative estimate of drug-likeness (QED) is 0.254. The van der Waals surface area contributed by atoms with E-state index in [-0.39, 0.29) is 24.0 Å². The van der Waals surface area contributed by atoms with Gasteiger partial charge in [-0.05, 0) is 39.3 Å². The SMILES string of the molecule is CN=C(NCCCN1CC(C)OC(C)C1)NCCOc1ccc(C)cc1.I. The van der Waals surface area contributed by atoms with Crippen LogP contribution in [-0.2, 0) is 4.74 Å². The molecule has 1 aliphatic rings. The molecule has 1 saturated heterocycles. The van der Waals surface area contributed by atoms with Crippen molar-refractivity contribution in [2.45, 2.75) is 39.4 Å². The molecule has 2 rings (SSSR count). The number of aliphatic imine (C=N–C) groups is 1. The fourth-order valence-corrected chi connectivity index (χ4v) is 3.17. The number of hydrogen-bond acceptors (Lipinski definition) is 4. The molecule has 1 heterocycles. The molecule has 2 unspecified atom stereocenters. The third kappa shape index (κ3) is 9.62. The number of ether oxygens (including phenoxy) is 2. The molecule has 0 radical (unpaired) electrons. The number of halogens is 1. The third-order valence-corrected chi connectivity index (χ3v) is 4.35. The van der Waals surface area contributed by atoms with E-state index >= 15 is 0 Å². The normalized spacial score (nSPS) is 20.7. The van der Waals surface area contributed by atoms with Gasteiger partial charge in [0.25, 0.3) is 0 Å². The first-order valence-corrected chi connectivity index (χ1v) is 9.58. The van der Waals surface area contributed by atoms with Crippen LogP contribution in [0.1, 0.15) is 25.8 Å². The topological polar surface area (TPSA) is 58.1 Å². The molecule has 27 heavy (non-hydrogen) atoms. The maximum absolute atomic E-state index is 5.77. The van der Waals surface area contributed by atoms with Crippen molar-refractivity contribution in [2.75, 3.05) is 46.4 Å². The molecule has 1 aromatic carbocycles. The smallest absolute Gasteiger partial charge is 0.191 e. The molecule has 0 aromatic heterocycles. The molecule has 0 saturated carbocycles. The van der Waals surface area contributed by atoms with Gasteiger partial charge in [0.2, 0.25) is 0 Å². The van der Waals surface area contributed by atoms with Gasteiger partial charge in [0.1, 0.15) is 12.4 Å². The van der Waals surface area contributed by atoms with Crippen LogP contribution in [0.3, 0.4) is 0 Å². The maximum Gasteiger partial charge on any atom is 0.191 e. The highest BCUT2D eigenvalue weighted by atomic mass is 127. The van der Waals surface area contributed by atoms with E-state index in [1.54, 1.807) is 7.05 Å². The predicted octanol–water partition coefficient (Wildman–Crippen LogP) is 2.66. The first kappa shape index (κ1) is 24.0. The van der Waals surface area contributed by atoms with Gasteiger partial charge in [0.15, 0.2) is 5.96 Å². The Labute approximate surface area is 181 Å². The van der Waals surface area contributed by atoms with E-state index in [4.69, 9.17) is 9.47 Å². The summed E-state index contributed by atoms with van der Waals surface area (Å²) in [6.07, 6.45) is 1.74. The molecule has 1 aliphatic heterocycles. The highest BCUT2D eigenvalue weighted by Crippen LogP contribution is 2.11. The lowest BCUT2D eigenvalue weighted by Gasteiger charge is -2.35. The Hall–Kier alpha value is -1.06. The average Bonchev–Trinajstić information content (AvgIpc) is 2.61. The van der Waals surface area contributed by atoms with Gasteiger partial charge < -0.3 is 20.1 Å². The third-order valence-electron chi connectivity index (χ3n) is 4.35. The van der Waals surface area contributed by atoms with Gasteiger partial charge in [-0.25, -0.2) is 0 Å². The number of nitrogens with zero attached hydrogens (tertiary/aromatic N) is 2. The number of nitrogens with one attached hydrogen (secondary N) is 2. The molecule has 0 bridgehead atoms. The van der Waals surface area contributed by atoms with Crippen molar-refractivity contribution in [3.8, 4) is 5.75 Å². The minimum atomic E-state index is 0. The van der Waals surface area contributed by atoms with Crippen LogP contribution in [0.2, 0.25) is 0 Å². The van der Waals surface area contributed by atoms with Crippen molar-refractivity contribution < 1.29 is 9.47 Å². The second-order valence-electron chi connectivity index (χ2n) is 6.96. The Bertz CT molecular complexity index is 543. The second kappa shape index (κ2) is 13.2. The van der Waals surface area contributed by atoms with E-state index in [0.29, 0.717) is 25.4 Å². The van der Waals surface area contributed by atoms with Crippen molar-refractivity contribution in [3.05, 3.63) is 29.8 Å². The molecule has 2 N–H and O–H groups in total. The molecular weight excluding hydrogens is 455 g/mol. The van der Waals surface area contributed by atoms with Crippen LogP contribution < -0.4 is 15.4 Å². The number of hydrogen-bond donors (Lipinski definition) is 2. The Kier molecular flexibility index (Phi) is 11.7. The summed E-state index contributed by atoms with van der Waals surface area (Å²) < 4.78 is 11.5. The number of aryl methyl sites for hydroxylation is 1.